The zero-order chi connectivity index (χ0) is 14.5. The van der Waals surface area contributed by atoms with E-state index in [2.05, 4.69) is 19.2 Å². The second-order valence-electron chi connectivity index (χ2n) is 5.67. The minimum Gasteiger partial charge on any atom is -0.508 e. The van der Waals surface area contributed by atoms with Crippen molar-refractivity contribution in [1.82, 2.24) is 5.32 Å². The lowest BCUT2D eigenvalue weighted by molar-refractivity contribution is 0.203. The van der Waals surface area contributed by atoms with E-state index >= 15 is 0 Å². The van der Waals surface area contributed by atoms with Gasteiger partial charge in [0.05, 0.1) is 7.11 Å². The first-order chi connectivity index (χ1) is 8.89. The van der Waals surface area contributed by atoms with Gasteiger partial charge >= 0.3 is 0 Å². The van der Waals surface area contributed by atoms with Gasteiger partial charge in [0.25, 0.3) is 0 Å². The quantitative estimate of drug-likeness (QED) is 0.710. The summed E-state index contributed by atoms with van der Waals surface area (Å²) in [5, 5.41) is 22.3. The van der Waals surface area contributed by atoms with E-state index in [9.17, 15) is 5.11 Å². The minimum absolute atomic E-state index is 0.0214. The van der Waals surface area contributed by atoms with Gasteiger partial charge in [0.15, 0.2) is 0 Å². The fraction of sp³-hybridized carbons (Fsp3) is 0.600. The summed E-state index contributed by atoms with van der Waals surface area (Å²) in [6.07, 6.45) is 0.747. The predicted molar refractivity (Wildman–Crippen MR) is 76.6 cm³/mol. The Hall–Kier alpha value is -1.26. The van der Waals surface area contributed by atoms with Crippen molar-refractivity contribution < 1.29 is 14.9 Å². The number of rotatable bonds is 7. The summed E-state index contributed by atoms with van der Waals surface area (Å²) in [7, 11) is 1.61. The maximum Gasteiger partial charge on any atom is 0.120 e. The lowest BCUT2D eigenvalue weighted by Crippen LogP contribution is -2.32. The van der Waals surface area contributed by atoms with E-state index in [-0.39, 0.29) is 23.8 Å². The van der Waals surface area contributed by atoms with Crippen LogP contribution in [0.4, 0.5) is 0 Å². The molecule has 3 N–H and O–H groups in total. The fourth-order valence-electron chi connectivity index (χ4n) is 1.94. The molecule has 1 atom stereocenters. The summed E-state index contributed by atoms with van der Waals surface area (Å²) in [5.41, 5.74) is 0.844. The van der Waals surface area contributed by atoms with Crippen LogP contribution in [0.5, 0.6) is 11.5 Å². The number of aliphatic hydroxyl groups is 1. The van der Waals surface area contributed by atoms with Crippen molar-refractivity contribution in [3.8, 4) is 11.5 Å². The Balaban J connectivity index is 2.70. The molecule has 0 aliphatic rings. The van der Waals surface area contributed by atoms with Gasteiger partial charge in [0.1, 0.15) is 11.5 Å². The summed E-state index contributed by atoms with van der Waals surface area (Å²) in [6.45, 7) is 7.17. The molecule has 1 rings (SSSR count). The molecule has 4 heteroatoms. The molecule has 0 bridgehead atoms. The second-order valence-corrected chi connectivity index (χ2v) is 5.67. The van der Waals surface area contributed by atoms with Crippen LogP contribution in [0.2, 0.25) is 0 Å². The molecular weight excluding hydrogens is 242 g/mol. The van der Waals surface area contributed by atoms with Crippen molar-refractivity contribution in [1.29, 1.82) is 0 Å². The molecule has 0 heterocycles. The molecule has 0 fully saturated rings. The van der Waals surface area contributed by atoms with Gasteiger partial charge in [0, 0.05) is 24.8 Å². The molecule has 0 aromatic heterocycles. The van der Waals surface area contributed by atoms with Crippen molar-refractivity contribution in [2.75, 3.05) is 20.3 Å². The maximum absolute atomic E-state index is 9.90. The highest BCUT2D eigenvalue weighted by Gasteiger charge is 2.19. The van der Waals surface area contributed by atoms with Crippen LogP contribution in [0, 0.1) is 5.41 Å². The van der Waals surface area contributed by atoms with Gasteiger partial charge in [-0.05, 0) is 37.0 Å². The first kappa shape index (κ1) is 15.8. The Labute approximate surface area is 115 Å². The Morgan fingerprint density at radius 3 is 2.63 bits per heavy atom. The lowest BCUT2D eigenvalue weighted by atomic mass is 9.89. The van der Waals surface area contributed by atoms with Gasteiger partial charge in [0.2, 0.25) is 0 Å². The van der Waals surface area contributed by atoms with Gasteiger partial charge in [-0.15, -0.1) is 0 Å². The standard InChI is InChI=1S/C15H25NO3/c1-11(16-10-15(2,3)7-8-17)13-9-12(19-4)5-6-14(13)18/h5-6,9,11,16-18H,7-8,10H2,1-4H3. The van der Waals surface area contributed by atoms with Crippen LogP contribution >= 0.6 is 0 Å². The molecular formula is C15H25NO3. The summed E-state index contributed by atoms with van der Waals surface area (Å²) < 4.78 is 5.17. The van der Waals surface area contributed by atoms with Gasteiger partial charge in [-0.25, -0.2) is 0 Å². The van der Waals surface area contributed by atoms with Crippen LogP contribution in [0.25, 0.3) is 0 Å². The summed E-state index contributed by atoms with van der Waals surface area (Å²) in [5.74, 6) is 0.997. The Bertz CT molecular complexity index is 404. The number of ether oxygens (including phenoxy) is 1. The monoisotopic (exact) mass is 267 g/mol. The SMILES string of the molecule is COc1ccc(O)c(C(C)NCC(C)(C)CCO)c1. The zero-order valence-electron chi connectivity index (χ0n) is 12.2. The third kappa shape index (κ3) is 4.73. The third-order valence-electron chi connectivity index (χ3n) is 3.38. The van der Waals surface area contributed by atoms with E-state index in [0.717, 1.165) is 24.3 Å². The summed E-state index contributed by atoms with van der Waals surface area (Å²) in [4.78, 5) is 0. The van der Waals surface area contributed by atoms with Crippen LogP contribution in [-0.2, 0) is 0 Å². The van der Waals surface area contributed by atoms with Crippen LogP contribution in [0.15, 0.2) is 18.2 Å². The molecule has 0 radical (unpaired) electrons. The number of phenolic OH excluding ortho intramolecular Hbond substituents is 1. The number of benzene rings is 1. The van der Waals surface area contributed by atoms with Crippen LogP contribution in [0.1, 0.15) is 38.8 Å². The van der Waals surface area contributed by atoms with E-state index in [1.165, 1.54) is 0 Å². The molecule has 1 aromatic carbocycles. The number of aromatic hydroxyl groups is 1. The van der Waals surface area contributed by atoms with E-state index in [4.69, 9.17) is 9.84 Å². The minimum atomic E-state index is 0.0214. The zero-order valence-corrected chi connectivity index (χ0v) is 12.2. The van der Waals surface area contributed by atoms with E-state index in [0.29, 0.717) is 0 Å². The Morgan fingerprint density at radius 1 is 1.37 bits per heavy atom. The van der Waals surface area contributed by atoms with Crippen LogP contribution in [0.3, 0.4) is 0 Å². The van der Waals surface area contributed by atoms with Gasteiger partial charge < -0.3 is 20.3 Å². The van der Waals surface area contributed by atoms with Crippen molar-refractivity contribution in [2.24, 2.45) is 5.41 Å². The Morgan fingerprint density at radius 2 is 2.05 bits per heavy atom. The molecule has 0 saturated carbocycles. The van der Waals surface area contributed by atoms with Crippen molar-refractivity contribution in [2.45, 2.75) is 33.2 Å². The lowest BCUT2D eigenvalue weighted by Gasteiger charge is -2.27. The van der Waals surface area contributed by atoms with Gasteiger partial charge in [-0.3, -0.25) is 0 Å². The van der Waals surface area contributed by atoms with Crippen molar-refractivity contribution in [3.63, 3.8) is 0 Å². The first-order valence-electron chi connectivity index (χ1n) is 6.61. The predicted octanol–water partition coefficient (Wildman–Crippen LogP) is 2.46. The number of hydrogen-bond donors (Lipinski definition) is 3. The molecule has 1 unspecified atom stereocenters. The van der Waals surface area contributed by atoms with Gasteiger partial charge in [-0.1, -0.05) is 13.8 Å². The topological polar surface area (TPSA) is 61.7 Å². The second kappa shape index (κ2) is 6.78. The highest BCUT2D eigenvalue weighted by Crippen LogP contribution is 2.29. The molecule has 1 aromatic rings. The average molecular weight is 267 g/mol. The normalized spacial score (nSPS) is 13.3. The molecule has 0 saturated heterocycles. The number of methoxy groups -OCH3 is 1. The molecule has 0 aliphatic heterocycles. The highest BCUT2D eigenvalue weighted by atomic mass is 16.5. The molecule has 108 valence electrons. The number of nitrogens with one attached hydrogen (secondary N) is 1. The maximum atomic E-state index is 9.90. The van der Waals surface area contributed by atoms with Crippen LogP contribution < -0.4 is 10.1 Å². The number of phenols is 1. The van der Waals surface area contributed by atoms with Gasteiger partial charge in [-0.2, -0.15) is 0 Å². The number of hydrogen-bond acceptors (Lipinski definition) is 4. The average Bonchev–Trinajstić information content (AvgIpc) is 2.36. The van der Waals surface area contributed by atoms with E-state index < -0.39 is 0 Å². The molecule has 4 nitrogen and oxygen atoms in total. The van der Waals surface area contributed by atoms with Crippen LogP contribution in [-0.4, -0.2) is 30.5 Å². The molecule has 0 spiro atoms. The van der Waals surface area contributed by atoms with E-state index in [1.54, 1.807) is 19.2 Å². The summed E-state index contributed by atoms with van der Waals surface area (Å²) >= 11 is 0. The highest BCUT2D eigenvalue weighted by molar-refractivity contribution is 5.41. The molecule has 19 heavy (non-hydrogen) atoms. The molecule has 0 amide bonds. The first-order valence-corrected chi connectivity index (χ1v) is 6.61. The van der Waals surface area contributed by atoms with Crippen molar-refractivity contribution >= 4 is 0 Å². The summed E-state index contributed by atoms with van der Waals surface area (Å²) in [6, 6.07) is 5.24. The third-order valence-corrected chi connectivity index (χ3v) is 3.38. The smallest absolute Gasteiger partial charge is 0.120 e. The number of aliphatic hydroxyl groups excluding tert-OH is 1. The van der Waals surface area contributed by atoms with E-state index in [1.807, 2.05) is 13.0 Å². The Kier molecular flexibility index (Phi) is 5.63. The fourth-order valence-corrected chi connectivity index (χ4v) is 1.94. The van der Waals surface area contributed by atoms with Crippen molar-refractivity contribution in [3.05, 3.63) is 23.8 Å². The largest absolute Gasteiger partial charge is 0.508 e. The molecule has 0 aliphatic carbocycles.